The first kappa shape index (κ1) is 27.4. The van der Waals surface area contributed by atoms with Gasteiger partial charge in [-0.1, -0.05) is 102 Å². The first-order valence-electron chi connectivity index (χ1n) is 14.5. The van der Waals surface area contributed by atoms with E-state index >= 15 is 0 Å². The van der Waals surface area contributed by atoms with Crippen LogP contribution in [0.2, 0.25) is 0 Å². The molecule has 0 unspecified atom stereocenters. The molecule has 1 aliphatic carbocycles. The largest absolute Gasteiger partial charge is 0.236 e. The van der Waals surface area contributed by atoms with Crippen LogP contribution in [0.15, 0.2) is 36.7 Å². The lowest BCUT2D eigenvalue weighted by molar-refractivity contribution is 0.222. The van der Waals surface area contributed by atoms with Gasteiger partial charge in [-0.2, -0.15) is 5.26 Å². The third-order valence-electron chi connectivity index (χ3n) is 8.10. The van der Waals surface area contributed by atoms with Crippen LogP contribution in [0.5, 0.6) is 0 Å². The van der Waals surface area contributed by atoms with Crippen LogP contribution in [0, 0.1) is 16.7 Å². The topological polar surface area (TPSA) is 49.6 Å². The number of hydrogen-bond acceptors (Lipinski definition) is 3. The first-order valence-corrected chi connectivity index (χ1v) is 14.5. The smallest absolute Gasteiger partial charge is 0.159 e. The molecule has 0 amide bonds. The highest BCUT2D eigenvalue weighted by molar-refractivity contribution is 5.55. The second-order valence-electron chi connectivity index (χ2n) is 10.9. The Kier molecular flexibility index (Phi) is 11.8. The van der Waals surface area contributed by atoms with E-state index in [2.05, 4.69) is 54.2 Å². The summed E-state index contributed by atoms with van der Waals surface area (Å²) in [7, 11) is 0. The molecule has 0 aliphatic heterocycles. The lowest BCUT2D eigenvalue weighted by Crippen LogP contribution is -2.25. The Balaban J connectivity index is 1.43. The van der Waals surface area contributed by atoms with Crippen molar-refractivity contribution in [2.45, 2.75) is 129 Å². The summed E-state index contributed by atoms with van der Waals surface area (Å²) < 4.78 is 0. The molecule has 0 bridgehead atoms. The molecule has 190 valence electrons. The summed E-state index contributed by atoms with van der Waals surface area (Å²) >= 11 is 0. The monoisotopic (exact) mass is 473 g/mol. The maximum absolute atomic E-state index is 9.98. The molecule has 3 heteroatoms. The molecule has 1 aromatic heterocycles. The van der Waals surface area contributed by atoms with Gasteiger partial charge in [0, 0.05) is 18.0 Å². The number of rotatable bonds is 15. The predicted molar refractivity (Wildman–Crippen MR) is 147 cm³/mol. The Morgan fingerprint density at radius 1 is 0.800 bits per heavy atom. The summed E-state index contributed by atoms with van der Waals surface area (Å²) in [6.07, 6.45) is 24.9. The zero-order chi connectivity index (χ0) is 24.8. The molecular weight excluding hydrogens is 426 g/mol. The standard InChI is InChI=1S/C32H47N3/c1-3-5-7-8-9-10-11-13-21-32(26-33)22-19-29(20-23-32)28-15-17-30(18-16-28)31-34-24-27(25-35-31)14-12-6-4-2/h15-18,24-25,29H,3-14,19-23H2,1-2H3/t29-,32-. The Hall–Kier alpha value is -2.21. The Morgan fingerprint density at radius 2 is 1.37 bits per heavy atom. The summed E-state index contributed by atoms with van der Waals surface area (Å²) in [5, 5.41) is 9.98. The molecule has 3 rings (SSSR count). The number of hydrogen-bond donors (Lipinski definition) is 0. The highest BCUT2D eigenvalue weighted by Gasteiger charge is 2.35. The maximum atomic E-state index is 9.98. The van der Waals surface area contributed by atoms with Crippen LogP contribution < -0.4 is 0 Å². The highest BCUT2D eigenvalue weighted by atomic mass is 14.9. The van der Waals surface area contributed by atoms with Crippen LogP contribution in [-0.4, -0.2) is 9.97 Å². The van der Waals surface area contributed by atoms with Crippen molar-refractivity contribution in [1.29, 1.82) is 5.26 Å². The Morgan fingerprint density at radius 3 is 1.97 bits per heavy atom. The Labute approximate surface area is 214 Å². The fourth-order valence-electron chi connectivity index (χ4n) is 5.64. The molecule has 2 aromatic rings. The molecule has 0 spiro atoms. The van der Waals surface area contributed by atoms with E-state index in [9.17, 15) is 5.26 Å². The molecule has 0 saturated heterocycles. The van der Waals surface area contributed by atoms with Crippen LogP contribution in [0.4, 0.5) is 0 Å². The van der Waals surface area contributed by atoms with Crippen molar-refractivity contribution in [3.05, 3.63) is 47.8 Å². The number of aromatic nitrogens is 2. The van der Waals surface area contributed by atoms with Crippen LogP contribution in [0.1, 0.15) is 134 Å². The van der Waals surface area contributed by atoms with Crippen molar-refractivity contribution in [2.75, 3.05) is 0 Å². The summed E-state index contributed by atoms with van der Waals surface area (Å²) in [5.74, 6) is 1.39. The fourth-order valence-corrected chi connectivity index (χ4v) is 5.64. The quantitative estimate of drug-likeness (QED) is 0.242. The van der Waals surface area contributed by atoms with Gasteiger partial charge < -0.3 is 0 Å². The molecule has 1 aromatic carbocycles. The van der Waals surface area contributed by atoms with E-state index in [1.165, 1.54) is 81.8 Å². The summed E-state index contributed by atoms with van der Waals surface area (Å²) in [6, 6.07) is 11.6. The number of aryl methyl sites for hydroxylation is 1. The zero-order valence-electron chi connectivity index (χ0n) is 22.4. The van der Waals surface area contributed by atoms with Crippen LogP contribution in [0.25, 0.3) is 11.4 Å². The molecule has 35 heavy (non-hydrogen) atoms. The van der Waals surface area contributed by atoms with Gasteiger partial charge in [0.15, 0.2) is 5.82 Å². The van der Waals surface area contributed by atoms with E-state index < -0.39 is 0 Å². The van der Waals surface area contributed by atoms with Gasteiger partial charge in [0.2, 0.25) is 0 Å². The minimum absolute atomic E-state index is 0.0780. The highest BCUT2D eigenvalue weighted by Crippen LogP contribution is 2.45. The van der Waals surface area contributed by atoms with Crippen LogP contribution >= 0.6 is 0 Å². The third kappa shape index (κ3) is 8.75. The predicted octanol–water partition coefficient (Wildman–Crippen LogP) is 9.57. The van der Waals surface area contributed by atoms with E-state index in [0.29, 0.717) is 5.92 Å². The van der Waals surface area contributed by atoms with Gasteiger partial charge in [-0.3, -0.25) is 0 Å². The summed E-state index contributed by atoms with van der Waals surface area (Å²) in [6.45, 7) is 4.50. The van der Waals surface area contributed by atoms with Crippen molar-refractivity contribution >= 4 is 0 Å². The van der Waals surface area contributed by atoms with E-state index in [1.807, 2.05) is 12.4 Å². The zero-order valence-corrected chi connectivity index (χ0v) is 22.4. The first-order chi connectivity index (χ1) is 17.2. The second-order valence-corrected chi connectivity index (χ2v) is 10.9. The van der Waals surface area contributed by atoms with Gasteiger partial charge in [0.05, 0.1) is 11.5 Å². The minimum atomic E-state index is -0.0780. The molecule has 0 atom stereocenters. The van der Waals surface area contributed by atoms with E-state index in [-0.39, 0.29) is 5.41 Å². The number of unbranched alkanes of at least 4 members (excludes halogenated alkanes) is 9. The minimum Gasteiger partial charge on any atom is -0.236 e. The van der Waals surface area contributed by atoms with Crippen LogP contribution in [-0.2, 0) is 6.42 Å². The summed E-state index contributed by atoms with van der Waals surface area (Å²) in [5.41, 5.74) is 3.65. The van der Waals surface area contributed by atoms with Crippen molar-refractivity contribution in [3.8, 4) is 17.5 Å². The molecular formula is C32H47N3. The third-order valence-corrected chi connectivity index (χ3v) is 8.10. The average Bonchev–Trinajstić information content (AvgIpc) is 2.91. The van der Waals surface area contributed by atoms with Gasteiger partial charge >= 0.3 is 0 Å². The number of nitriles is 1. The lowest BCUT2D eigenvalue weighted by Gasteiger charge is -2.35. The van der Waals surface area contributed by atoms with Gasteiger partial charge in [0.1, 0.15) is 0 Å². The van der Waals surface area contributed by atoms with Crippen molar-refractivity contribution in [1.82, 2.24) is 9.97 Å². The molecule has 0 N–H and O–H groups in total. The molecule has 1 fully saturated rings. The molecule has 0 radical (unpaired) electrons. The van der Waals surface area contributed by atoms with Crippen molar-refractivity contribution in [3.63, 3.8) is 0 Å². The van der Waals surface area contributed by atoms with Crippen LogP contribution in [0.3, 0.4) is 0 Å². The molecule has 1 aliphatic rings. The lowest BCUT2D eigenvalue weighted by atomic mass is 9.67. The normalized spacial score (nSPS) is 20.0. The van der Waals surface area contributed by atoms with E-state index in [4.69, 9.17) is 0 Å². The number of benzene rings is 1. The van der Waals surface area contributed by atoms with Gasteiger partial charge in [-0.25, -0.2) is 9.97 Å². The SMILES string of the molecule is CCCCCCCCCC[C@]1(C#N)CC[C@H](c2ccc(-c3ncc(CCCCC)cn3)cc2)CC1. The van der Waals surface area contributed by atoms with Crippen molar-refractivity contribution < 1.29 is 0 Å². The van der Waals surface area contributed by atoms with Gasteiger partial charge in [-0.05, 0) is 62.0 Å². The summed E-state index contributed by atoms with van der Waals surface area (Å²) in [4.78, 5) is 9.23. The molecule has 1 heterocycles. The Bertz CT molecular complexity index is 871. The fraction of sp³-hybridized carbons (Fsp3) is 0.656. The van der Waals surface area contributed by atoms with E-state index in [1.54, 1.807) is 0 Å². The molecule has 1 saturated carbocycles. The average molecular weight is 474 g/mol. The van der Waals surface area contributed by atoms with Gasteiger partial charge in [-0.15, -0.1) is 0 Å². The number of nitrogens with zero attached hydrogens (tertiary/aromatic N) is 3. The molecule has 3 nitrogen and oxygen atoms in total. The van der Waals surface area contributed by atoms with Crippen molar-refractivity contribution in [2.24, 2.45) is 5.41 Å². The second kappa shape index (κ2) is 15.0. The van der Waals surface area contributed by atoms with E-state index in [0.717, 1.165) is 49.9 Å². The maximum Gasteiger partial charge on any atom is 0.159 e. The van der Waals surface area contributed by atoms with Gasteiger partial charge in [0.25, 0.3) is 0 Å².